The molecule has 9 heteroatoms. The van der Waals surface area contributed by atoms with Gasteiger partial charge in [0, 0.05) is 55.8 Å². The molecule has 2 aromatic carbocycles. The third-order valence-corrected chi connectivity index (χ3v) is 8.30. The number of carbonyl (C=O) groups excluding carboxylic acids is 3. The van der Waals surface area contributed by atoms with E-state index in [1.165, 1.54) is 11.8 Å². The molecule has 2 saturated heterocycles. The van der Waals surface area contributed by atoms with Gasteiger partial charge in [-0.25, -0.2) is 0 Å². The third-order valence-electron chi connectivity index (χ3n) is 7.04. The Hall–Kier alpha value is -3.20. The van der Waals surface area contributed by atoms with Crippen LogP contribution in [-0.2, 0) is 14.4 Å². The molecule has 3 aliphatic heterocycles. The Morgan fingerprint density at radius 3 is 2.23 bits per heavy atom. The zero-order valence-corrected chi connectivity index (χ0v) is 20.6. The number of para-hydroxylation sites is 1. The number of anilines is 2. The second kappa shape index (κ2) is 10.2. The van der Waals surface area contributed by atoms with Crippen molar-refractivity contribution in [1.29, 1.82) is 0 Å². The standard InChI is InChI=1S/C26H30N4O4S/c1-34-20-8-6-19(7-9-20)28-14-16-30(17-15-28)25(32)18-10-12-29(13-11-18)26(33)23-24(31)27-21-4-2-3-5-22(21)35-23/h2-9,18,23H,10-17H2,1H3,(H,27,31)/t23-/m1/s1. The van der Waals surface area contributed by atoms with Gasteiger partial charge in [-0.2, -0.15) is 0 Å². The number of benzene rings is 2. The maximum Gasteiger partial charge on any atom is 0.247 e. The lowest BCUT2D eigenvalue weighted by molar-refractivity contribution is -0.141. The highest BCUT2D eigenvalue weighted by Crippen LogP contribution is 2.36. The van der Waals surface area contributed by atoms with Crippen molar-refractivity contribution in [3.05, 3.63) is 48.5 Å². The monoisotopic (exact) mass is 494 g/mol. The van der Waals surface area contributed by atoms with Crippen LogP contribution in [0.1, 0.15) is 12.8 Å². The quantitative estimate of drug-likeness (QED) is 0.659. The summed E-state index contributed by atoms with van der Waals surface area (Å²) in [6.07, 6.45) is 1.28. The van der Waals surface area contributed by atoms with Gasteiger partial charge < -0.3 is 24.8 Å². The molecular formula is C26H30N4O4S. The average molecular weight is 495 g/mol. The highest BCUT2D eigenvalue weighted by atomic mass is 32.2. The van der Waals surface area contributed by atoms with Gasteiger partial charge >= 0.3 is 0 Å². The third kappa shape index (κ3) is 4.96. The number of ether oxygens (including phenoxy) is 1. The number of thioether (sulfide) groups is 1. The van der Waals surface area contributed by atoms with Gasteiger partial charge in [0.2, 0.25) is 17.7 Å². The number of likely N-dealkylation sites (tertiary alicyclic amines) is 1. The normalized spacial score (nSPS) is 20.8. The van der Waals surface area contributed by atoms with E-state index in [4.69, 9.17) is 4.74 Å². The van der Waals surface area contributed by atoms with Crippen molar-refractivity contribution in [2.45, 2.75) is 23.0 Å². The molecule has 0 radical (unpaired) electrons. The summed E-state index contributed by atoms with van der Waals surface area (Å²) in [5.74, 6) is 0.512. The number of methoxy groups -OCH3 is 1. The summed E-state index contributed by atoms with van der Waals surface area (Å²) < 4.78 is 5.23. The predicted molar refractivity (Wildman–Crippen MR) is 136 cm³/mol. The summed E-state index contributed by atoms with van der Waals surface area (Å²) in [4.78, 5) is 45.7. The van der Waals surface area contributed by atoms with Gasteiger partial charge in [0.05, 0.1) is 12.8 Å². The molecular weight excluding hydrogens is 464 g/mol. The summed E-state index contributed by atoms with van der Waals surface area (Å²) in [7, 11) is 1.66. The fourth-order valence-electron chi connectivity index (χ4n) is 4.96. The van der Waals surface area contributed by atoms with E-state index in [2.05, 4.69) is 10.2 Å². The van der Waals surface area contributed by atoms with Crippen molar-refractivity contribution < 1.29 is 19.1 Å². The van der Waals surface area contributed by atoms with Gasteiger partial charge in [0.25, 0.3) is 0 Å². The van der Waals surface area contributed by atoms with Crippen LogP contribution in [0.25, 0.3) is 0 Å². The maximum atomic E-state index is 13.2. The molecule has 3 amide bonds. The van der Waals surface area contributed by atoms with Crippen LogP contribution < -0.4 is 15.0 Å². The van der Waals surface area contributed by atoms with Crippen LogP contribution in [-0.4, -0.2) is 79.1 Å². The summed E-state index contributed by atoms with van der Waals surface area (Å²) in [5, 5.41) is 2.07. The lowest BCUT2D eigenvalue weighted by Gasteiger charge is -2.39. The number of hydrogen-bond acceptors (Lipinski definition) is 6. The first-order valence-electron chi connectivity index (χ1n) is 12.1. The van der Waals surface area contributed by atoms with E-state index in [1.54, 1.807) is 12.0 Å². The van der Waals surface area contributed by atoms with E-state index < -0.39 is 5.25 Å². The Morgan fingerprint density at radius 1 is 0.886 bits per heavy atom. The van der Waals surface area contributed by atoms with Crippen molar-refractivity contribution in [2.24, 2.45) is 5.92 Å². The van der Waals surface area contributed by atoms with Gasteiger partial charge in [0.1, 0.15) is 5.75 Å². The van der Waals surface area contributed by atoms with Gasteiger partial charge in [-0.1, -0.05) is 12.1 Å². The average Bonchev–Trinajstić information content (AvgIpc) is 2.92. The molecule has 184 valence electrons. The van der Waals surface area contributed by atoms with E-state index in [9.17, 15) is 14.4 Å². The smallest absolute Gasteiger partial charge is 0.247 e. The molecule has 2 aromatic rings. The second-order valence-electron chi connectivity index (χ2n) is 9.09. The minimum atomic E-state index is -0.775. The van der Waals surface area contributed by atoms with Crippen molar-refractivity contribution >= 4 is 40.9 Å². The SMILES string of the molecule is COc1ccc(N2CCN(C(=O)C3CCN(C(=O)[C@@H]4Sc5ccccc5NC4=O)CC3)CC2)cc1. The number of hydrogen-bond donors (Lipinski definition) is 1. The van der Waals surface area contributed by atoms with Crippen LogP contribution in [0.2, 0.25) is 0 Å². The number of nitrogens with zero attached hydrogens (tertiary/aromatic N) is 3. The highest BCUT2D eigenvalue weighted by Gasteiger charge is 2.38. The molecule has 3 heterocycles. The van der Waals surface area contributed by atoms with Crippen molar-refractivity contribution in [3.8, 4) is 5.75 Å². The maximum absolute atomic E-state index is 13.2. The van der Waals surface area contributed by atoms with Gasteiger partial charge in [-0.3, -0.25) is 14.4 Å². The number of fused-ring (bicyclic) bond motifs is 1. The molecule has 0 saturated carbocycles. The lowest BCUT2D eigenvalue weighted by Crippen LogP contribution is -2.53. The largest absolute Gasteiger partial charge is 0.497 e. The molecule has 0 aliphatic carbocycles. The number of rotatable bonds is 4. The van der Waals surface area contributed by atoms with Crippen LogP contribution >= 0.6 is 11.8 Å². The summed E-state index contributed by atoms with van der Waals surface area (Å²) in [6, 6.07) is 15.5. The lowest BCUT2D eigenvalue weighted by atomic mass is 9.94. The van der Waals surface area contributed by atoms with E-state index >= 15 is 0 Å². The van der Waals surface area contributed by atoms with E-state index in [-0.39, 0.29) is 23.6 Å². The molecule has 1 atom stereocenters. The fourth-order valence-corrected chi connectivity index (χ4v) is 6.04. The Balaban J connectivity index is 1.11. The molecule has 2 fully saturated rings. The zero-order valence-electron chi connectivity index (χ0n) is 19.8. The first-order chi connectivity index (χ1) is 17.0. The number of piperidine rings is 1. The molecule has 3 aliphatic rings. The topological polar surface area (TPSA) is 82.2 Å². The Kier molecular flexibility index (Phi) is 6.86. The highest BCUT2D eigenvalue weighted by molar-refractivity contribution is 8.01. The minimum Gasteiger partial charge on any atom is -0.497 e. The van der Waals surface area contributed by atoms with Crippen molar-refractivity contribution in [1.82, 2.24) is 9.80 Å². The number of piperazine rings is 1. The Labute approximate surface area is 209 Å². The fraction of sp³-hybridized carbons (Fsp3) is 0.423. The van der Waals surface area contributed by atoms with Crippen LogP contribution in [0.4, 0.5) is 11.4 Å². The number of carbonyl (C=O) groups is 3. The van der Waals surface area contributed by atoms with Crippen LogP contribution in [0.5, 0.6) is 5.75 Å². The first kappa shape index (κ1) is 23.5. The molecule has 0 spiro atoms. The minimum absolute atomic E-state index is 0.0693. The van der Waals surface area contributed by atoms with E-state index in [1.807, 2.05) is 53.4 Å². The van der Waals surface area contributed by atoms with Gasteiger partial charge in [-0.05, 0) is 49.2 Å². The predicted octanol–water partition coefficient (Wildman–Crippen LogP) is 2.70. The van der Waals surface area contributed by atoms with Crippen molar-refractivity contribution in [2.75, 3.05) is 56.6 Å². The summed E-state index contributed by atoms with van der Waals surface area (Å²) in [6.45, 7) is 4.00. The number of nitrogens with one attached hydrogen (secondary N) is 1. The molecule has 0 unspecified atom stereocenters. The van der Waals surface area contributed by atoms with Gasteiger partial charge in [-0.15, -0.1) is 11.8 Å². The number of amides is 3. The van der Waals surface area contributed by atoms with Crippen molar-refractivity contribution in [3.63, 3.8) is 0 Å². The molecule has 35 heavy (non-hydrogen) atoms. The second-order valence-corrected chi connectivity index (χ2v) is 10.2. The Morgan fingerprint density at radius 2 is 1.54 bits per heavy atom. The van der Waals surface area contributed by atoms with E-state index in [0.717, 1.165) is 35.1 Å². The molecule has 0 bridgehead atoms. The van der Waals surface area contributed by atoms with Gasteiger partial charge in [0.15, 0.2) is 5.25 Å². The first-order valence-corrected chi connectivity index (χ1v) is 12.9. The Bertz CT molecular complexity index is 1090. The van der Waals surface area contributed by atoms with Crippen LogP contribution in [0.3, 0.4) is 0 Å². The zero-order chi connectivity index (χ0) is 24.4. The van der Waals surface area contributed by atoms with Crippen LogP contribution in [0, 0.1) is 5.92 Å². The van der Waals surface area contributed by atoms with Crippen LogP contribution in [0.15, 0.2) is 53.4 Å². The molecule has 5 rings (SSSR count). The molecule has 1 N–H and O–H groups in total. The van der Waals surface area contributed by atoms with E-state index in [0.29, 0.717) is 39.0 Å². The summed E-state index contributed by atoms with van der Waals surface area (Å²) in [5.41, 5.74) is 1.89. The molecule has 8 nitrogen and oxygen atoms in total. The summed E-state index contributed by atoms with van der Waals surface area (Å²) >= 11 is 1.31. The molecule has 0 aromatic heterocycles.